The summed E-state index contributed by atoms with van der Waals surface area (Å²) >= 11 is 0. The third-order valence-corrected chi connectivity index (χ3v) is 5.89. The van der Waals surface area contributed by atoms with Crippen molar-refractivity contribution in [1.29, 1.82) is 0 Å². The minimum atomic E-state index is -0.131. The van der Waals surface area contributed by atoms with E-state index in [0.717, 1.165) is 30.8 Å². The molecule has 0 N–H and O–H groups in total. The normalized spacial score (nSPS) is 15.0. The minimum absolute atomic E-state index is 0.131. The maximum atomic E-state index is 13.0. The summed E-state index contributed by atoms with van der Waals surface area (Å²) in [6.07, 6.45) is 8.21. The highest BCUT2D eigenvalue weighted by Gasteiger charge is 2.16. The molecule has 0 aliphatic carbocycles. The Hall–Kier alpha value is -3.26. The zero-order chi connectivity index (χ0) is 21.2. The van der Waals surface area contributed by atoms with E-state index in [0.29, 0.717) is 23.8 Å². The Morgan fingerprint density at radius 3 is 2.61 bits per heavy atom. The molecule has 8 heteroatoms. The summed E-state index contributed by atoms with van der Waals surface area (Å²) in [7, 11) is 0. The Morgan fingerprint density at radius 1 is 1.03 bits per heavy atom. The van der Waals surface area contributed by atoms with Crippen LogP contribution in [0.4, 0.5) is 0 Å². The van der Waals surface area contributed by atoms with Crippen molar-refractivity contribution < 1.29 is 4.52 Å². The van der Waals surface area contributed by atoms with Crippen LogP contribution in [-0.4, -0.2) is 42.3 Å². The van der Waals surface area contributed by atoms with Crippen molar-refractivity contribution in [3.63, 3.8) is 0 Å². The molecule has 0 saturated carbocycles. The lowest BCUT2D eigenvalue weighted by atomic mass is 10.1. The Balaban J connectivity index is 1.35. The van der Waals surface area contributed by atoms with Crippen molar-refractivity contribution in [3.8, 4) is 11.3 Å². The third-order valence-electron chi connectivity index (χ3n) is 5.89. The molecule has 1 fully saturated rings. The average Bonchev–Trinajstić information content (AvgIpc) is 3.44. The van der Waals surface area contributed by atoms with Crippen molar-refractivity contribution in [2.45, 2.75) is 45.7 Å². The first-order chi connectivity index (χ1) is 15.2. The van der Waals surface area contributed by atoms with Crippen molar-refractivity contribution in [1.82, 2.24) is 29.2 Å². The Bertz CT molecular complexity index is 1230. The van der Waals surface area contributed by atoms with Gasteiger partial charge in [0.25, 0.3) is 5.56 Å². The van der Waals surface area contributed by atoms with E-state index in [1.165, 1.54) is 24.8 Å². The molecule has 0 spiro atoms. The van der Waals surface area contributed by atoms with Gasteiger partial charge >= 0.3 is 0 Å². The van der Waals surface area contributed by atoms with Gasteiger partial charge < -0.3 is 9.09 Å². The molecule has 0 unspecified atom stereocenters. The van der Waals surface area contributed by atoms with Crippen molar-refractivity contribution in [2.75, 3.05) is 13.1 Å². The largest absolute Gasteiger partial charge is 0.338 e. The fraction of sp³-hybridized carbons (Fsp3) is 0.391. The molecule has 1 aliphatic heterocycles. The van der Waals surface area contributed by atoms with E-state index in [1.807, 2.05) is 18.2 Å². The number of fused-ring (bicyclic) bond motifs is 1. The van der Waals surface area contributed by atoms with Gasteiger partial charge in [0.1, 0.15) is 5.52 Å². The van der Waals surface area contributed by atoms with E-state index in [4.69, 9.17) is 4.52 Å². The number of benzene rings is 1. The first kappa shape index (κ1) is 19.7. The molecule has 4 aromatic rings. The number of piperidine rings is 1. The molecular weight excluding hydrogens is 392 g/mol. The molecule has 0 radical (unpaired) electrons. The van der Waals surface area contributed by atoms with Crippen LogP contribution >= 0.6 is 0 Å². The lowest BCUT2D eigenvalue weighted by Gasteiger charge is -2.24. The molecule has 0 bridgehead atoms. The smallest absolute Gasteiger partial charge is 0.277 e. The molecule has 3 aromatic heterocycles. The second kappa shape index (κ2) is 8.47. The van der Waals surface area contributed by atoms with E-state index < -0.39 is 0 Å². The summed E-state index contributed by atoms with van der Waals surface area (Å²) in [6, 6.07) is 10.1. The molecule has 1 aliphatic rings. The molecule has 1 saturated heterocycles. The summed E-state index contributed by atoms with van der Waals surface area (Å²) in [5.41, 5.74) is 3.44. The van der Waals surface area contributed by atoms with E-state index in [-0.39, 0.29) is 12.1 Å². The fourth-order valence-electron chi connectivity index (χ4n) is 4.08. The number of likely N-dealkylation sites (tertiary alicyclic amines) is 1. The summed E-state index contributed by atoms with van der Waals surface area (Å²) in [5.74, 6) is 1.11. The second-order valence-electron chi connectivity index (χ2n) is 8.08. The van der Waals surface area contributed by atoms with Gasteiger partial charge in [-0.05, 0) is 44.0 Å². The number of aromatic nitrogens is 5. The van der Waals surface area contributed by atoms with Crippen LogP contribution in [0.5, 0.6) is 0 Å². The average molecular weight is 419 g/mol. The number of nitrogens with zero attached hydrogens (tertiary/aromatic N) is 6. The lowest BCUT2D eigenvalue weighted by molar-refractivity contribution is 0.193. The topological polar surface area (TPSA) is 81.5 Å². The van der Waals surface area contributed by atoms with Gasteiger partial charge in [0, 0.05) is 18.0 Å². The molecule has 8 nitrogen and oxygen atoms in total. The van der Waals surface area contributed by atoms with E-state index >= 15 is 0 Å². The van der Waals surface area contributed by atoms with Crippen molar-refractivity contribution >= 4 is 5.52 Å². The van der Waals surface area contributed by atoms with Crippen molar-refractivity contribution in [3.05, 3.63) is 70.4 Å². The SMILES string of the molecule is CCc1ccc(-c2cc3c(=O)n(Cc4noc(CN5CCCCC5)n4)ccn3n2)cc1. The second-order valence-corrected chi connectivity index (χ2v) is 8.08. The third kappa shape index (κ3) is 4.16. The van der Waals surface area contributed by atoms with Gasteiger partial charge in [-0.2, -0.15) is 10.1 Å². The van der Waals surface area contributed by atoms with Crippen LogP contribution in [-0.2, 0) is 19.5 Å². The molecule has 0 amide bonds. The monoisotopic (exact) mass is 418 g/mol. The summed E-state index contributed by atoms with van der Waals surface area (Å²) in [5, 5.41) is 8.64. The van der Waals surface area contributed by atoms with Gasteiger partial charge in [-0.1, -0.05) is 42.8 Å². The molecule has 5 rings (SSSR count). The quantitative estimate of drug-likeness (QED) is 0.478. The predicted molar refractivity (Wildman–Crippen MR) is 117 cm³/mol. The van der Waals surface area contributed by atoms with Crippen LogP contribution in [0.25, 0.3) is 16.8 Å². The van der Waals surface area contributed by atoms with E-state index in [1.54, 1.807) is 21.5 Å². The molecule has 1 aromatic carbocycles. The van der Waals surface area contributed by atoms with Gasteiger partial charge in [0.2, 0.25) is 5.89 Å². The van der Waals surface area contributed by atoms with Crippen LogP contribution in [0, 0.1) is 0 Å². The molecule has 31 heavy (non-hydrogen) atoms. The van der Waals surface area contributed by atoms with Gasteiger partial charge in [0.15, 0.2) is 5.82 Å². The van der Waals surface area contributed by atoms with Crippen LogP contribution in [0.1, 0.15) is 43.5 Å². The van der Waals surface area contributed by atoms with Gasteiger partial charge in [-0.25, -0.2) is 4.52 Å². The first-order valence-corrected chi connectivity index (χ1v) is 10.9. The zero-order valence-corrected chi connectivity index (χ0v) is 17.7. The number of hydrogen-bond acceptors (Lipinski definition) is 6. The standard InChI is InChI=1S/C23H26N6O2/c1-2-17-6-8-18(9-7-17)19-14-20-23(30)28(12-13-29(20)25-19)15-21-24-22(31-26-21)16-27-10-4-3-5-11-27/h6-9,12-14H,2-5,10-11,15-16H2,1H3. The Labute approximate surface area is 180 Å². The highest BCUT2D eigenvalue weighted by molar-refractivity contribution is 5.65. The van der Waals surface area contributed by atoms with Gasteiger partial charge in [-0.15, -0.1) is 0 Å². The maximum Gasteiger partial charge on any atom is 0.277 e. The maximum absolute atomic E-state index is 13.0. The lowest BCUT2D eigenvalue weighted by Crippen LogP contribution is -2.29. The highest BCUT2D eigenvalue weighted by Crippen LogP contribution is 2.19. The summed E-state index contributed by atoms with van der Waals surface area (Å²) in [4.78, 5) is 19.8. The van der Waals surface area contributed by atoms with Gasteiger partial charge in [-0.3, -0.25) is 9.69 Å². The van der Waals surface area contributed by atoms with Crippen LogP contribution in [0.15, 0.2) is 52.0 Å². The number of rotatable bonds is 6. The first-order valence-electron chi connectivity index (χ1n) is 10.9. The van der Waals surface area contributed by atoms with E-state index in [9.17, 15) is 4.79 Å². The van der Waals surface area contributed by atoms with Crippen LogP contribution < -0.4 is 5.56 Å². The molecule has 0 atom stereocenters. The fourth-order valence-corrected chi connectivity index (χ4v) is 4.08. The highest BCUT2D eigenvalue weighted by atomic mass is 16.5. The zero-order valence-electron chi connectivity index (χ0n) is 17.7. The van der Waals surface area contributed by atoms with Crippen LogP contribution in [0.2, 0.25) is 0 Å². The van der Waals surface area contributed by atoms with Crippen molar-refractivity contribution in [2.24, 2.45) is 0 Å². The van der Waals surface area contributed by atoms with Crippen LogP contribution in [0.3, 0.4) is 0 Å². The van der Waals surface area contributed by atoms with E-state index in [2.05, 4.69) is 39.2 Å². The Kier molecular flexibility index (Phi) is 5.38. The minimum Gasteiger partial charge on any atom is -0.338 e. The number of hydrogen-bond donors (Lipinski definition) is 0. The Morgan fingerprint density at radius 2 is 1.84 bits per heavy atom. The predicted octanol–water partition coefficient (Wildman–Crippen LogP) is 3.14. The molecule has 4 heterocycles. The van der Waals surface area contributed by atoms with Gasteiger partial charge in [0.05, 0.1) is 18.8 Å². The molecular formula is C23H26N6O2. The summed E-state index contributed by atoms with van der Waals surface area (Å²) in [6.45, 7) is 5.20. The molecule has 160 valence electrons. The summed E-state index contributed by atoms with van der Waals surface area (Å²) < 4.78 is 8.63. The number of aryl methyl sites for hydroxylation is 1.